The fraction of sp³-hybridized carbons (Fsp3) is 0.304. The molecule has 1 aromatic carbocycles. The molecule has 4 heterocycles. The first-order valence-electron chi connectivity index (χ1n) is 12.1. The number of phenolic OH excluding ortho intramolecular Hbond substituents is 2. The number of nitrogen functional groups attached to an aromatic ring is 1. The molecule has 1 saturated heterocycles. The second kappa shape index (κ2) is 12.2. The minimum absolute atomic E-state index is 0.140. The highest BCUT2D eigenvalue weighted by Gasteiger charge is 2.54. The minimum Gasteiger partial charge on any atom is -0.504 e. The maximum atomic E-state index is 13.1. The number of carboxylic acids is 1. The number of amides is 2. The number of phenols is 2. The zero-order chi connectivity index (χ0) is 30.0. The highest BCUT2D eigenvalue weighted by Crippen LogP contribution is 2.41. The molecule has 5 rings (SSSR count). The van der Waals surface area contributed by atoms with E-state index in [4.69, 9.17) is 10.6 Å². The van der Waals surface area contributed by atoms with Crippen molar-refractivity contribution in [3.8, 4) is 11.5 Å². The van der Waals surface area contributed by atoms with Crippen molar-refractivity contribution in [3.05, 3.63) is 46.1 Å². The Kier molecular flexibility index (Phi) is 8.50. The molecule has 2 aliphatic rings. The van der Waals surface area contributed by atoms with E-state index in [2.05, 4.69) is 31.0 Å². The molecular weight excluding hydrogens is 611 g/mol. The number of β-lactam (4-membered cyclic amide) rings is 1. The molecular formula is C23H23N9O7S3. The number of tetrazole rings is 1. The fourth-order valence-corrected chi connectivity index (χ4v) is 7.18. The van der Waals surface area contributed by atoms with Crippen molar-refractivity contribution in [2.75, 3.05) is 24.3 Å². The molecule has 2 aliphatic heterocycles. The minimum atomic E-state index is -1.26. The SMILES string of the molecule is CO/N=C(\C(=O)NC1C(=O)N2C(C(=O)O)=C(CSc3nnnn3CCc3ccc(O)c(O)c3)CS[C@@H]12)c1csc(N)n1. The molecule has 16 nitrogen and oxygen atoms in total. The maximum absolute atomic E-state index is 13.1. The number of carbonyl (C=O) groups is 3. The number of thioether (sulfide) groups is 2. The van der Waals surface area contributed by atoms with Crippen LogP contribution in [0.2, 0.25) is 0 Å². The summed E-state index contributed by atoms with van der Waals surface area (Å²) in [5.41, 5.74) is 6.80. The molecule has 220 valence electrons. The van der Waals surface area contributed by atoms with Gasteiger partial charge in [0, 0.05) is 23.4 Å². The maximum Gasteiger partial charge on any atom is 0.352 e. The van der Waals surface area contributed by atoms with E-state index in [9.17, 15) is 29.7 Å². The van der Waals surface area contributed by atoms with Crippen LogP contribution in [0.1, 0.15) is 11.3 Å². The molecule has 1 unspecified atom stereocenters. The average molecular weight is 634 g/mol. The van der Waals surface area contributed by atoms with E-state index in [-0.39, 0.29) is 39.5 Å². The number of aliphatic carboxylic acids is 1. The van der Waals surface area contributed by atoms with E-state index in [1.54, 1.807) is 10.7 Å². The zero-order valence-electron chi connectivity index (χ0n) is 21.7. The predicted molar refractivity (Wildman–Crippen MR) is 152 cm³/mol. The molecule has 0 aliphatic carbocycles. The summed E-state index contributed by atoms with van der Waals surface area (Å²) in [6, 6.07) is 3.54. The quantitative estimate of drug-likeness (QED) is 0.0626. The largest absolute Gasteiger partial charge is 0.504 e. The number of fused-ring (bicyclic) bond motifs is 1. The van der Waals surface area contributed by atoms with Crippen LogP contribution in [-0.4, -0.2) is 98.9 Å². The van der Waals surface area contributed by atoms with Gasteiger partial charge in [-0.05, 0) is 40.1 Å². The lowest BCUT2D eigenvalue weighted by Gasteiger charge is -2.49. The Morgan fingerprint density at radius 1 is 1.31 bits per heavy atom. The summed E-state index contributed by atoms with van der Waals surface area (Å²) >= 11 is 3.65. The Morgan fingerprint density at radius 2 is 2.12 bits per heavy atom. The third kappa shape index (κ3) is 5.83. The van der Waals surface area contributed by atoms with Crippen LogP contribution in [0.3, 0.4) is 0 Å². The number of nitrogens with one attached hydrogen (secondary N) is 1. The summed E-state index contributed by atoms with van der Waals surface area (Å²) in [5, 5.41) is 48.8. The third-order valence-electron chi connectivity index (χ3n) is 6.23. The standard InChI is InChI=1S/C23H23N9O7S3/c1-39-28-15(12-9-41-22(24)25-12)18(35)26-16-19(36)32-17(21(37)38)11(7-40-20(16)32)8-42-23-27-29-30-31(23)5-4-10-2-3-13(33)14(34)6-10/h2-3,6,9,16,20,33-34H,4-5,7-8H2,1H3,(H2,24,25)(H,26,35)(H,37,38)/b28-15-/t16?,20-/m0/s1. The Balaban J connectivity index is 1.25. The van der Waals surface area contributed by atoms with Crippen LogP contribution >= 0.6 is 34.9 Å². The number of nitrogens with zero attached hydrogens (tertiary/aromatic N) is 7. The molecule has 2 amide bonds. The summed E-state index contributed by atoms with van der Waals surface area (Å²) in [4.78, 5) is 48.2. The molecule has 0 saturated carbocycles. The van der Waals surface area contributed by atoms with Gasteiger partial charge >= 0.3 is 5.97 Å². The number of aryl methyl sites for hydroxylation is 2. The Labute approximate surface area is 249 Å². The lowest BCUT2D eigenvalue weighted by atomic mass is 10.0. The fourth-order valence-electron chi connectivity index (χ4n) is 4.25. The van der Waals surface area contributed by atoms with Crippen molar-refractivity contribution in [3.63, 3.8) is 0 Å². The van der Waals surface area contributed by atoms with Crippen molar-refractivity contribution >= 4 is 63.5 Å². The van der Waals surface area contributed by atoms with Crippen LogP contribution < -0.4 is 11.1 Å². The average Bonchev–Trinajstić information content (AvgIpc) is 3.61. The van der Waals surface area contributed by atoms with E-state index >= 15 is 0 Å². The van der Waals surface area contributed by atoms with E-state index < -0.39 is 29.2 Å². The monoisotopic (exact) mass is 633 g/mol. The van der Waals surface area contributed by atoms with Crippen LogP contribution in [-0.2, 0) is 32.2 Å². The molecule has 0 radical (unpaired) electrons. The Morgan fingerprint density at radius 3 is 2.81 bits per heavy atom. The summed E-state index contributed by atoms with van der Waals surface area (Å²) in [6.45, 7) is 0.370. The van der Waals surface area contributed by atoms with Crippen LogP contribution in [0.5, 0.6) is 11.5 Å². The van der Waals surface area contributed by atoms with Crippen molar-refractivity contribution in [1.82, 2.24) is 35.4 Å². The van der Waals surface area contributed by atoms with Crippen LogP contribution in [0, 0.1) is 0 Å². The number of aromatic nitrogens is 5. The first kappa shape index (κ1) is 29.1. The number of nitrogens with two attached hydrogens (primary N) is 1. The number of thiazole rings is 1. The van der Waals surface area contributed by atoms with Gasteiger partial charge in [-0.3, -0.25) is 14.5 Å². The predicted octanol–water partition coefficient (Wildman–Crippen LogP) is 0.247. The normalized spacial score (nSPS) is 18.5. The molecule has 2 aromatic heterocycles. The molecule has 1 fully saturated rings. The summed E-state index contributed by atoms with van der Waals surface area (Å²) in [6.07, 6.45) is 0.467. The number of hydrogen-bond acceptors (Lipinski definition) is 15. The van der Waals surface area contributed by atoms with E-state index in [0.29, 0.717) is 29.4 Å². The smallest absolute Gasteiger partial charge is 0.352 e. The highest BCUT2D eigenvalue weighted by atomic mass is 32.2. The Hall–Kier alpha value is -4.36. The first-order valence-corrected chi connectivity index (χ1v) is 15.0. The number of rotatable bonds is 11. The van der Waals surface area contributed by atoms with E-state index in [0.717, 1.165) is 16.9 Å². The number of hydrogen-bond donors (Lipinski definition) is 5. The van der Waals surface area contributed by atoms with Gasteiger partial charge in [0.25, 0.3) is 11.8 Å². The number of aromatic hydroxyl groups is 2. The van der Waals surface area contributed by atoms with Crippen molar-refractivity contribution in [2.24, 2.45) is 5.16 Å². The highest BCUT2D eigenvalue weighted by molar-refractivity contribution is 8.01. The topological polar surface area (TPSA) is 231 Å². The first-order chi connectivity index (χ1) is 20.2. The molecule has 3 aromatic rings. The lowest BCUT2D eigenvalue weighted by molar-refractivity contribution is -0.150. The van der Waals surface area contributed by atoms with Gasteiger partial charge in [-0.2, -0.15) is 0 Å². The number of benzene rings is 1. The number of anilines is 1. The van der Waals surface area contributed by atoms with Crippen LogP contribution in [0.25, 0.3) is 0 Å². The van der Waals surface area contributed by atoms with Gasteiger partial charge in [0.05, 0.1) is 0 Å². The van der Waals surface area contributed by atoms with Gasteiger partial charge in [-0.15, -0.1) is 28.2 Å². The molecule has 2 atom stereocenters. The molecule has 6 N–H and O–H groups in total. The molecule has 0 spiro atoms. The van der Waals surface area contributed by atoms with E-state index in [1.807, 2.05) is 0 Å². The van der Waals surface area contributed by atoms with Gasteiger partial charge in [0.15, 0.2) is 22.3 Å². The van der Waals surface area contributed by atoms with Crippen LogP contribution in [0.4, 0.5) is 5.13 Å². The second-order valence-electron chi connectivity index (χ2n) is 8.86. The summed E-state index contributed by atoms with van der Waals surface area (Å²) < 4.78 is 1.55. The van der Waals surface area contributed by atoms with Gasteiger partial charge < -0.3 is 31.2 Å². The molecule has 0 bridgehead atoms. The van der Waals surface area contributed by atoms with Crippen molar-refractivity contribution < 1.29 is 34.5 Å². The summed E-state index contributed by atoms with van der Waals surface area (Å²) in [5.74, 6) is -2.48. The van der Waals surface area contributed by atoms with Gasteiger partial charge in [-0.25, -0.2) is 14.5 Å². The number of carboxylic acid groups (broad SMARTS) is 1. The van der Waals surface area contributed by atoms with E-state index in [1.165, 1.54) is 53.0 Å². The lowest BCUT2D eigenvalue weighted by Crippen LogP contribution is -2.71. The summed E-state index contributed by atoms with van der Waals surface area (Å²) in [7, 11) is 1.26. The van der Waals surface area contributed by atoms with Crippen molar-refractivity contribution in [2.45, 2.75) is 29.5 Å². The molecule has 42 heavy (non-hydrogen) atoms. The number of carbonyl (C=O) groups excluding carboxylic acids is 2. The third-order valence-corrected chi connectivity index (χ3v) is 9.28. The zero-order valence-corrected chi connectivity index (χ0v) is 24.1. The van der Waals surface area contributed by atoms with Gasteiger partial charge in [0.1, 0.15) is 29.9 Å². The van der Waals surface area contributed by atoms with Crippen molar-refractivity contribution in [1.29, 1.82) is 0 Å². The van der Waals surface area contributed by atoms with Crippen LogP contribution in [0.15, 0.2) is 45.2 Å². The molecule has 19 heteroatoms. The second-order valence-corrected chi connectivity index (χ2v) is 11.8. The van der Waals surface area contributed by atoms with Gasteiger partial charge in [0.2, 0.25) is 5.16 Å². The van der Waals surface area contributed by atoms with Gasteiger partial charge in [-0.1, -0.05) is 23.0 Å². The number of oxime groups is 1. The Bertz CT molecular complexity index is 1610.